The van der Waals surface area contributed by atoms with Crippen LogP contribution in [-0.2, 0) is 11.3 Å². The highest BCUT2D eigenvalue weighted by Gasteiger charge is 2.17. The van der Waals surface area contributed by atoms with Crippen LogP contribution >= 0.6 is 22.9 Å². The number of thiazole rings is 1. The number of Topliss-reactive ketones (excluding diaryl/α,β-unsaturated/α-hetero) is 1. The molecule has 4 aromatic rings. The van der Waals surface area contributed by atoms with Gasteiger partial charge in [0.1, 0.15) is 5.78 Å². The molecule has 152 valence electrons. The highest BCUT2D eigenvalue weighted by molar-refractivity contribution is 7.15. The molecule has 1 fully saturated rings. The van der Waals surface area contributed by atoms with Crippen LogP contribution in [0.3, 0.4) is 0 Å². The number of hydrogen-bond donors (Lipinski definition) is 2. The first-order chi connectivity index (χ1) is 14.7. The van der Waals surface area contributed by atoms with Crippen LogP contribution in [0.4, 0.5) is 10.9 Å². The van der Waals surface area contributed by atoms with Crippen LogP contribution in [-0.4, -0.2) is 43.9 Å². The Kier molecular flexibility index (Phi) is 5.20. The van der Waals surface area contributed by atoms with E-state index in [2.05, 4.69) is 30.4 Å². The molecule has 9 heteroatoms. The van der Waals surface area contributed by atoms with Crippen LogP contribution in [0.15, 0.2) is 42.7 Å². The minimum atomic E-state index is 0.356. The van der Waals surface area contributed by atoms with Gasteiger partial charge < -0.3 is 5.32 Å². The highest BCUT2D eigenvalue weighted by atomic mass is 35.5. The number of aromatic amines is 1. The van der Waals surface area contributed by atoms with Crippen molar-refractivity contribution in [2.24, 2.45) is 0 Å². The molecular formula is C21H19ClN6OS. The minimum absolute atomic E-state index is 0.356. The van der Waals surface area contributed by atoms with E-state index in [0.717, 1.165) is 51.8 Å². The number of H-pyrrole nitrogens is 1. The van der Waals surface area contributed by atoms with E-state index in [1.54, 1.807) is 17.5 Å². The van der Waals surface area contributed by atoms with Crippen molar-refractivity contribution in [3.63, 3.8) is 0 Å². The van der Waals surface area contributed by atoms with Gasteiger partial charge in [-0.1, -0.05) is 17.7 Å². The smallest absolute Gasteiger partial charge is 0.188 e. The van der Waals surface area contributed by atoms with E-state index in [4.69, 9.17) is 11.6 Å². The molecule has 2 N–H and O–H groups in total. The van der Waals surface area contributed by atoms with E-state index in [1.807, 2.05) is 36.5 Å². The Labute approximate surface area is 182 Å². The largest absolute Gasteiger partial charge is 0.314 e. The van der Waals surface area contributed by atoms with Crippen LogP contribution in [0, 0.1) is 0 Å². The fourth-order valence-electron chi connectivity index (χ4n) is 3.58. The molecular weight excluding hydrogens is 420 g/mol. The highest BCUT2D eigenvalue weighted by Crippen LogP contribution is 2.32. The second kappa shape index (κ2) is 8.14. The number of pyridine rings is 1. The van der Waals surface area contributed by atoms with Crippen molar-refractivity contribution in [2.75, 3.05) is 18.4 Å². The maximum absolute atomic E-state index is 11.4. The monoisotopic (exact) mass is 438 g/mol. The molecule has 0 spiro atoms. The maximum atomic E-state index is 11.4. The van der Waals surface area contributed by atoms with Crippen molar-refractivity contribution >= 4 is 50.6 Å². The third-order valence-corrected chi connectivity index (χ3v) is 6.37. The molecule has 0 amide bonds. The third kappa shape index (κ3) is 3.94. The molecule has 0 aliphatic carbocycles. The maximum Gasteiger partial charge on any atom is 0.188 e. The van der Waals surface area contributed by atoms with Gasteiger partial charge in [-0.3, -0.25) is 19.8 Å². The van der Waals surface area contributed by atoms with Crippen LogP contribution in [0.2, 0.25) is 5.02 Å². The zero-order chi connectivity index (χ0) is 20.5. The van der Waals surface area contributed by atoms with Crippen LogP contribution in [0.25, 0.3) is 22.2 Å². The van der Waals surface area contributed by atoms with Gasteiger partial charge in [-0.2, -0.15) is 5.10 Å². The summed E-state index contributed by atoms with van der Waals surface area (Å²) >= 11 is 7.91. The first kappa shape index (κ1) is 19.2. The van der Waals surface area contributed by atoms with Crippen LogP contribution < -0.4 is 5.32 Å². The number of nitrogens with one attached hydrogen (secondary N) is 2. The van der Waals surface area contributed by atoms with E-state index in [9.17, 15) is 4.79 Å². The number of ketones is 1. The quantitative estimate of drug-likeness (QED) is 0.472. The minimum Gasteiger partial charge on any atom is -0.314 e. The molecule has 0 bridgehead atoms. The summed E-state index contributed by atoms with van der Waals surface area (Å²) in [6, 6.07) is 9.62. The normalized spacial score (nSPS) is 15.0. The number of carbonyl (C=O) groups excluding carboxylic acids is 1. The van der Waals surface area contributed by atoms with Crippen molar-refractivity contribution in [3.8, 4) is 11.3 Å². The Hall–Kier alpha value is -2.81. The fraction of sp³-hybridized carbons (Fsp3) is 0.238. The summed E-state index contributed by atoms with van der Waals surface area (Å²) in [5, 5.41) is 13.1. The van der Waals surface area contributed by atoms with Gasteiger partial charge in [0.15, 0.2) is 10.9 Å². The van der Waals surface area contributed by atoms with Gasteiger partial charge in [-0.15, -0.1) is 11.3 Å². The summed E-state index contributed by atoms with van der Waals surface area (Å²) in [6.45, 7) is 2.46. The lowest BCUT2D eigenvalue weighted by atomic mass is 10.1. The molecule has 3 aromatic heterocycles. The van der Waals surface area contributed by atoms with Crippen molar-refractivity contribution < 1.29 is 4.79 Å². The molecule has 0 atom stereocenters. The van der Waals surface area contributed by atoms with E-state index in [-0.39, 0.29) is 0 Å². The lowest BCUT2D eigenvalue weighted by Crippen LogP contribution is -2.32. The van der Waals surface area contributed by atoms with Gasteiger partial charge in [-0.05, 0) is 24.3 Å². The van der Waals surface area contributed by atoms with Crippen LogP contribution in [0.1, 0.15) is 17.7 Å². The van der Waals surface area contributed by atoms with Gasteiger partial charge >= 0.3 is 0 Å². The number of benzene rings is 1. The SMILES string of the molecule is O=C1CCN(Cc2cnc(Nc3n[nH]c4ccc(-c5ncccc5Cl)cc34)s2)CC1. The predicted molar refractivity (Wildman–Crippen MR) is 119 cm³/mol. The predicted octanol–water partition coefficient (Wildman–Crippen LogP) is 4.64. The Morgan fingerprint density at radius 3 is 2.90 bits per heavy atom. The second-order valence-corrected chi connectivity index (χ2v) is 8.76. The summed E-state index contributed by atoms with van der Waals surface area (Å²) in [6.07, 6.45) is 4.91. The average molecular weight is 439 g/mol. The zero-order valence-corrected chi connectivity index (χ0v) is 17.6. The summed E-state index contributed by atoms with van der Waals surface area (Å²) in [5.74, 6) is 1.07. The fourth-order valence-corrected chi connectivity index (χ4v) is 4.66. The summed E-state index contributed by atoms with van der Waals surface area (Å²) in [7, 11) is 0. The number of piperidine rings is 1. The molecule has 1 aliphatic heterocycles. The molecule has 1 saturated heterocycles. The Bertz CT molecular complexity index is 1210. The van der Waals surface area contributed by atoms with Crippen molar-refractivity contribution in [3.05, 3.63) is 52.6 Å². The molecule has 4 heterocycles. The molecule has 0 saturated carbocycles. The summed E-state index contributed by atoms with van der Waals surface area (Å²) < 4.78 is 0. The second-order valence-electron chi connectivity index (χ2n) is 7.24. The zero-order valence-electron chi connectivity index (χ0n) is 16.1. The van der Waals surface area contributed by atoms with Crippen molar-refractivity contribution in [1.29, 1.82) is 0 Å². The molecule has 1 aliphatic rings. The summed E-state index contributed by atoms with van der Waals surface area (Å²) in [5.41, 5.74) is 2.59. The number of anilines is 2. The number of hydrogen-bond acceptors (Lipinski definition) is 7. The first-order valence-electron chi connectivity index (χ1n) is 9.70. The van der Waals surface area contributed by atoms with E-state index in [0.29, 0.717) is 29.5 Å². The first-order valence-corrected chi connectivity index (χ1v) is 10.9. The van der Waals surface area contributed by atoms with Gasteiger partial charge in [0.05, 0.1) is 16.2 Å². The standard InChI is InChI=1S/C21H19ClN6OS/c22-17-2-1-7-23-19(17)13-3-4-18-16(10-13)20(27-26-18)25-21-24-11-15(30-21)12-28-8-5-14(29)6-9-28/h1-4,7,10-11H,5-6,8-9,12H2,(H2,24,25,26,27). The van der Waals surface area contributed by atoms with Gasteiger partial charge in [0.2, 0.25) is 0 Å². The van der Waals surface area contributed by atoms with Crippen molar-refractivity contribution in [1.82, 2.24) is 25.1 Å². The van der Waals surface area contributed by atoms with Crippen LogP contribution in [0.5, 0.6) is 0 Å². The molecule has 0 radical (unpaired) electrons. The summed E-state index contributed by atoms with van der Waals surface area (Å²) in [4.78, 5) is 23.8. The number of likely N-dealkylation sites (tertiary alicyclic amines) is 1. The van der Waals surface area contributed by atoms with Gasteiger partial charge in [-0.25, -0.2) is 4.98 Å². The molecule has 30 heavy (non-hydrogen) atoms. The Balaban J connectivity index is 1.36. The van der Waals surface area contributed by atoms with Gasteiger partial charge in [0, 0.05) is 60.7 Å². The lowest BCUT2D eigenvalue weighted by Gasteiger charge is -2.24. The topological polar surface area (TPSA) is 86.8 Å². The number of halogens is 1. The number of nitrogens with zero attached hydrogens (tertiary/aromatic N) is 4. The number of aromatic nitrogens is 4. The third-order valence-electron chi connectivity index (χ3n) is 5.17. The Morgan fingerprint density at radius 1 is 1.20 bits per heavy atom. The lowest BCUT2D eigenvalue weighted by molar-refractivity contribution is -0.121. The average Bonchev–Trinajstić information content (AvgIpc) is 3.37. The molecule has 1 aromatic carbocycles. The van der Waals surface area contributed by atoms with Gasteiger partial charge in [0.25, 0.3) is 0 Å². The van der Waals surface area contributed by atoms with E-state index >= 15 is 0 Å². The van der Waals surface area contributed by atoms with E-state index in [1.165, 1.54) is 0 Å². The molecule has 7 nitrogen and oxygen atoms in total. The number of rotatable bonds is 5. The molecule has 5 rings (SSSR count). The van der Waals surface area contributed by atoms with E-state index < -0.39 is 0 Å². The molecule has 0 unspecified atom stereocenters. The number of carbonyl (C=O) groups is 1. The number of fused-ring (bicyclic) bond motifs is 1. The Morgan fingerprint density at radius 2 is 2.07 bits per heavy atom. The van der Waals surface area contributed by atoms with Crippen molar-refractivity contribution in [2.45, 2.75) is 19.4 Å².